The molecule has 1 spiro atoms. The lowest BCUT2D eigenvalue weighted by molar-refractivity contribution is -0.137. The molecule has 4 atom stereocenters. The standard InChI is InChI=1S/C48H57N9O8S/c1-7-39(56(21-8-20-49)45(59)41(29(2)3)55-47(61)65-5)42-50-27-38(53-42)35-16-15-33-23-32(13-14-34(33)24-35)30-9-11-31(12-10-30)37-26-51-43(52-37)40-25-48(18-19-48)28-57(40)44(58)36(54-46(60)64-4)17-22-66(6,62)63/h9-16,23-24,26-27,29,36,39-41H,7-8,17-19,21-22,25,28H2,1-6H3,(H,50,53)(H,51,52)(H,54,60)(H,55,61)/t36-,39-,40-,41-/m0/s1. The molecule has 4 amide bonds. The lowest BCUT2D eigenvalue weighted by Crippen LogP contribution is -2.52. The van der Waals surface area contributed by atoms with Gasteiger partial charge in [-0.15, -0.1) is 0 Å². The minimum atomic E-state index is -3.39. The van der Waals surface area contributed by atoms with Crippen LogP contribution in [0.5, 0.6) is 0 Å². The Morgan fingerprint density at radius 1 is 0.894 bits per heavy atom. The van der Waals surface area contributed by atoms with Gasteiger partial charge in [-0.1, -0.05) is 69.3 Å². The molecule has 3 heterocycles. The number of aromatic amines is 2. The van der Waals surface area contributed by atoms with Gasteiger partial charge in [0.25, 0.3) is 0 Å². The Morgan fingerprint density at radius 3 is 2.12 bits per heavy atom. The Morgan fingerprint density at radius 2 is 1.50 bits per heavy atom. The molecule has 2 fully saturated rings. The van der Waals surface area contributed by atoms with E-state index in [1.54, 1.807) is 22.2 Å². The SMILES string of the molecule is CC[C@@H](c1ncc(-c2ccc3cc(-c4ccc(-c5cnc([C@@H]6CC7(CC7)CN6C(=O)[C@H](CCS(C)(=O)=O)NC(=O)OC)[nH]5)cc4)ccc3c2)[nH]1)N(CCC#N)C(=O)[C@@H](NC(=O)OC)C(C)C. The van der Waals surface area contributed by atoms with Crippen molar-refractivity contribution in [2.45, 2.75) is 83.5 Å². The molecular formula is C48H57N9O8S. The van der Waals surface area contributed by atoms with Gasteiger partial charge in [0.2, 0.25) is 11.8 Å². The lowest BCUT2D eigenvalue weighted by atomic mass is 9.98. The van der Waals surface area contributed by atoms with Gasteiger partial charge in [-0.2, -0.15) is 5.26 Å². The molecule has 66 heavy (non-hydrogen) atoms. The highest BCUT2D eigenvalue weighted by atomic mass is 32.2. The monoisotopic (exact) mass is 919 g/mol. The van der Waals surface area contributed by atoms with Crippen LogP contribution < -0.4 is 10.6 Å². The number of ether oxygens (including phenoxy) is 2. The Bertz CT molecular complexity index is 2740. The zero-order valence-electron chi connectivity index (χ0n) is 38.1. The smallest absolute Gasteiger partial charge is 0.407 e. The van der Waals surface area contributed by atoms with Gasteiger partial charge < -0.3 is 39.9 Å². The number of hydrogen-bond donors (Lipinski definition) is 4. The van der Waals surface area contributed by atoms with Crippen molar-refractivity contribution in [2.24, 2.45) is 11.3 Å². The first-order chi connectivity index (χ1) is 31.5. The summed E-state index contributed by atoms with van der Waals surface area (Å²) in [6.07, 6.45) is 6.35. The highest BCUT2D eigenvalue weighted by molar-refractivity contribution is 7.90. The molecule has 1 saturated carbocycles. The summed E-state index contributed by atoms with van der Waals surface area (Å²) in [5.74, 6) is 0.0467. The maximum atomic E-state index is 14.0. The van der Waals surface area contributed by atoms with Crippen molar-refractivity contribution in [1.29, 1.82) is 5.26 Å². The molecule has 348 valence electrons. The Labute approximate surface area is 384 Å². The molecule has 0 bridgehead atoms. The first-order valence-corrected chi connectivity index (χ1v) is 24.2. The van der Waals surface area contributed by atoms with E-state index in [4.69, 9.17) is 14.5 Å². The normalized spacial score (nSPS) is 16.6. The fraction of sp³-hybridized carbons (Fsp3) is 0.438. The maximum Gasteiger partial charge on any atom is 0.407 e. The summed E-state index contributed by atoms with van der Waals surface area (Å²) in [7, 11) is -0.942. The van der Waals surface area contributed by atoms with E-state index in [0.717, 1.165) is 69.9 Å². The van der Waals surface area contributed by atoms with Crippen LogP contribution in [0.15, 0.2) is 73.1 Å². The minimum absolute atomic E-state index is 0.0141. The zero-order valence-corrected chi connectivity index (χ0v) is 38.9. The summed E-state index contributed by atoms with van der Waals surface area (Å²) < 4.78 is 33.5. The van der Waals surface area contributed by atoms with Crippen LogP contribution in [0.2, 0.25) is 0 Å². The van der Waals surface area contributed by atoms with Crippen LogP contribution in [0.25, 0.3) is 44.4 Å². The van der Waals surface area contributed by atoms with Crippen molar-refractivity contribution in [3.8, 4) is 39.7 Å². The predicted molar refractivity (Wildman–Crippen MR) is 248 cm³/mol. The number of hydrogen-bond acceptors (Lipinski definition) is 11. The summed E-state index contributed by atoms with van der Waals surface area (Å²) >= 11 is 0. The summed E-state index contributed by atoms with van der Waals surface area (Å²) in [6, 6.07) is 20.0. The van der Waals surface area contributed by atoms with E-state index >= 15 is 0 Å². The molecule has 18 heteroatoms. The molecule has 7 rings (SSSR count). The fourth-order valence-electron chi connectivity index (χ4n) is 8.83. The fourth-order valence-corrected chi connectivity index (χ4v) is 9.50. The van der Waals surface area contributed by atoms with Crippen molar-refractivity contribution in [2.75, 3.05) is 39.3 Å². The molecule has 5 aromatic rings. The van der Waals surface area contributed by atoms with E-state index in [9.17, 15) is 32.9 Å². The topological polar surface area (TPSA) is 233 Å². The summed E-state index contributed by atoms with van der Waals surface area (Å²) in [4.78, 5) is 71.8. The quantitative estimate of drug-likeness (QED) is 0.0736. The Kier molecular flexibility index (Phi) is 14.2. The molecule has 0 unspecified atom stereocenters. The number of amides is 4. The van der Waals surface area contributed by atoms with Crippen LogP contribution in [0, 0.1) is 22.7 Å². The Hall–Kier alpha value is -6.74. The first-order valence-electron chi connectivity index (χ1n) is 22.1. The average Bonchev–Trinajstić information content (AvgIpc) is 3.63. The number of sulfone groups is 1. The van der Waals surface area contributed by atoms with Gasteiger partial charge in [0.15, 0.2) is 0 Å². The average molecular weight is 920 g/mol. The van der Waals surface area contributed by atoms with Crippen molar-refractivity contribution < 1.29 is 37.1 Å². The molecular weight excluding hydrogens is 863 g/mol. The number of carbonyl (C=O) groups excluding carboxylic acids is 4. The molecule has 4 N–H and O–H groups in total. The van der Waals surface area contributed by atoms with Crippen LogP contribution >= 0.6 is 0 Å². The van der Waals surface area contributed by atoms with E-state index < -0.39 is 40.1 Å². The van der Waals surface area contributed by atoms with Crippen LogP contribution in [0.4, 0.5) is 9.59 Å². The third-order valence-electron chi connectivity index (χ3n) is 12.7. The molecule has 1 aliphatic carbocycles. The highest BCUT2D eigenvalue weighted by Crippen LogP contribution is 2.58. The Balaban J connectivity index is 1.05. The van der Waals surface area contributed by atoms with E-state index in [2.05, 4.69) is 74.1 Å². The van der Waals surface area contributed by atoms with E-state index in [0.29, 0.717) is 24.6 Å². The first kappa shape index (κ1) is 47.2. The van der Waals surface area contributed by atoms with Gasteiger partial charge in [-0.25, -0.2) is 28.0 Å². The largest absolute Gasteiger partial charge is 0.453 e. The number of nitrogens with zero attached hydrogens (tertiary/aromatic N) is 5. The number of nitriles is 1. The van der Waals surface area contributed by atoms with Crippen molar-refractivity contribution >= 4 is 44.6 Å². The van der Waals surface area contributed by atoms with Gasteiger partial charge >= 0.3 is 12.2 Å². The number of imidazole rings is 2. The number of H-pyrrole nitrogens is 2. The molecule has 1 saturated heterocycles. The molecule has 0 radical (unpaired) electrons. The number of benzene rings is 3. The number of aromatic nitrogens is 4. The number of rotatable bonds is 17. The molecule has 3 aromatic carbocycles. The summed E-state index contributed by atoms with van der Waals surface area (Å²) in [5, 5.41) is 16.7. The summed E-state index contributed by atoms with van der Waals surface area (Å²) in [6.45, 7) is 6.30. The highest BCUT2D eigenvalue weighted by Gasteiger charge is 2.55. The van der Waals surface area contributed by atoms with Crippen molar-refractivity contribution in [3.63, 3.8) is 0 Å². The van der Waals surface area contributed by atoms with E-state index in [-0.39, 0.29) is 54.3 Å². The van der Waals surface area contributed by atoms with Crippen molar-refractivity contribution in [3.05, 3.63) is 84.7 Å². The van der Waals surface area contributed by atoms with Gasteiger partial charge in [0, 0.05) is 24.9 Å². The maximum absolute atomic E-state index is 14.0. The third kappa shape index (κ3) is 10.7. The van der Waals surface area contributed by atoms with Gasteiger partial charge in [-0.05, 0) is 83.0 Å². The van der Waals surface area contributed by atoms with Gasteiger partial charge in [0.05, 0.1) is 68.3 Å². The second kappa shape index (κ2) is 19.8. The summed E-state index contributed by atoms with van der Waals surface area (Å²) in [5.41, 5.74) is 5.43. The van der Waals surface area contributed by atoms with Crippen LogP contribution in [-0.2, 0) is 28.9 Å². The second-order valence-electron chi connectivity index (χ2n) is 17.7. The predicted octanol–water partition coefficient (Wildman–Crippen LogP) is 7.07. The van der Waals surface area contributed by atoms with E-state index in [1.807, 2.05) is 39.0 Å². The molecule has 17 nitrogen and oxygen atoms in total. The minimum Gasteiger partial charge on any atom is -0.453 e. The number of likely N-dealkylation sites (tertiary alicyclic amines) is 1. The lowest BCUT2D eigenvalue weighted by Gasteiger charge is -2.34. The van der Waals surface area contributed by atoms with Gasteiger partial charge in [0.1, 0.15) is 33.6 Å². The molecule has 1 aliphatic heterocycles. The number of fused-ring (bicyclic) bond motifs is 1. The second-order valence-corrected chi connectivity index (χ2v) is 20.0. The molecule has 2 aliphatic rings. The zero-order chi connectivity index (χ0) is 47.3. The number of alkyl carbamates (subject to hydrolysis) is 2. The number of carbonyl (C=O) groups is 4. The molecule has 2 aromatic heterocycles. The number of nitrogens with one attached hydrogen (secondary N) is 4. The van der Waals surface area contributed by atoms with Crippen LogP contribution in [0.1, 0.15) is 83.0 Å². The van der Waals surface area contributed by atoms with E-state index in [1.165, 1.54) is 14.2 Å². The van der Waals surface area contributed by atoms with Gasteiger partial charge in [-0.3, -0.25) is 9.59 Å². The van der Waals surface area contributed by atoms with Crippen LogP contribution in [0.3, 0.4) is 0 Å². The third-order valence-corrected chi connectivity index (χ3v) is 13.7. The van der Waals surface area contributed by atoms with Crippen molar-refractivity contribution in [1.82, 2.24) is 40.4 Å². The van der Waals surface area contributed by atoms with Crippen LogP contribution in [-0.4, -0.2) is 114 Å². The number of methoxy groups -OCH3 is 2.